The van der Waals surface area contributed by atoms with Crippen LogP contribution in [0.4, 0.5) is 0 Å². The molecule has 0 aromatic rings. The Morgan fingerprint density at radius 1 is 1.79 bits per heavy atom. The molecule has 3 nitrogen and oxygen atoms in total. The first-order valence-corrected chi connectivity index (χ1v) is 4.97. The second-order valence-corrected chi connectivity index (χ2v) is 3.63. The van der Waals surface area contributed by atoms with Crippen LogP contribution >= 0.6 is 0 Å². The van der Waals surface area contributed by atoms with Crippen LogP contribution in [-0.4, -0.2) is 36.0 Å². The Kier molecular flexibility index (Phi) is 4.40. The van der Waals surface area contributed by atoms with Gasteiger partial charge >= 0.3 is 0 Å². The van der Waals surface area contributed by atoms with E-state index in [-0.39, 0.29) is 0 Å². The highest BCUT2D eigenvalue weighted by Crippen LogP contribution is 2.12. The number of rotatable bonds is 4. The summed E-state index contributed by atoms with van der Waals surface area (Å²) in [6.07, 6.45) is 6.69. The highest BCUT2D eigenvalue weighted by atomic mass is 16.4. The van der Waals surface area contributed by atoms with Crippen molar-refractivity contribution in [1.29, 1.82) is 0 Å². The van der Waals surface area contributed by atoms with Crippen molar-refractivity contribution < 1.29 is 5.21 Å². The van der Waals surface area contributed by atoms with Gasteiger partial charge in [-0.25, -0.2) is 0 Å². The fraction of sp³-hybridized carbons (Fsp3) is 0.545. The van der Waals surface area contributed by atoms with Crippen LogP contribution in [0.1, 0.15) is 19.3 Å². The zero-order chi connectivity index (χ0) is 10.4. The molecule has 3 heteroatoms. The van der Waals surface area contributed by atoms with Crippen molar-refractivity contribution in [2.24, 2.45) is 5.16 Å². The SMILES string of the molecule is C=CCC/C(=N\O)C1=CCCN(C)C1. The van der Waals surface area contributed by atoms with E-state index in [0.29, 0.717) is 0 Å². The summed E-state index contributed by atoms with van der Waals surface area (Å²) in [7, 11) is 2.08. The van der Waals surface area contributed by atoms with E-state index in [1.807, 2.05) is 6.08 Å². The standard InChI is InChI=1S/C11H18N2O/c1-3-4-7-11(12-14)10-6-5-8-13(2)9-10/h3,6,14H,1,4-5,7-9H2,2H3/b12-11+. The number of allylic oxidation sites excluding steroid dienone is 1. The largest absolute Gasteiger partial charge is 0.411 e. The van der Waals surface area contributed by atoms with Gasteiger partial charge in [-0.1, -0.05) is 17.3 Å². The van der Waals surface area contributed by atoms with Gasteiger partial charge in [0.2, 0.25) is 0 Å². The molecule has 78 valence electrons. The molecule has 0 aromatic carbocycles. The predicted molar refractivity (Wildman–Crippen MR) is 58.8 cm³/mol. The van der Waals surface area contributed by atoms with Crippen LogP contribution in [0.25, 0.3) is 0 Å². The fourth-order valence-electron chi connectivity index (χ4n) is 1.62. The molecular weight excluding hydrogens is 176 g/mol. The van der Waals surface area contributed by atoms with E-state index >= 15 is 0 Å². The quantitative estimate of drug-likeness (QED) is 0.322. The second kappa shape index (κ2) is 5.60. The van der Waals surface area contributed by atoms with Gasteiger partial charge in [-0.15, -0.1) is 6.58 Å². The van der Waals surface area contributed by atoms with Crippen molar-refractivity contribution in [3.63, 3.8) is 0 Å². The van der Waals surface area contributed by atoms with E-state index in [2.05, 4.69) is 29.8 Å². The van der Waals surface area contributed by atoms with Crippen molar-refractivity contribution in [3.8, 4) is 0 Å². The lowest BCUT2D eigenvalue weighted by Gasteiger charge is -2.23. The molecule has 0 aliphatic carbocycles. The molecule has 14 heavy (non-hydrogen) atoms. The van der Waals surface area contributed by atoms with Gasteiger partial charge in [-0.3, -0.25) is 0 Å². The third kappa shape index (κ3) is 3.00. The molecule has 0 saturated heterocycles. The third-order valence-corrected chi connectivity index (χ3v) is 2.42. The van der Waals surface area contributed by atoms with Crippen LogP contribution in [0.5, 0.6) is 0 Å². The first kappa shape index (κ1) is 11.0. The molecule has 0 atom stereocenters. The predicted octanol–water partition coefficient (Wildman–Crippen LogP) is 2.04. The van der Waals surface area contributed by atoms with Gasteiger partial charge in [0.1, 0.15) is 0 Å². The molecule has 0 amide bonds. The van der Waals surface area contributed by atoms with Crippen LogP contribution in [0.15, 0.2) is 29.5 Å². The zero-order valence-electron chi connectivity index (χ0n) is 8.74. The smallest absolute Gasteiger partial charge is 0.0840 e. The molecule has 1 heterocycles. The molecule has 0 aromatic heterocycles. The van der Waals surface area contributed by atoms with Crippen molar-refractivity contribution in [2.45, 2.75) is 19.3 Å². The van der Waals surface area contributed by atoms with Crippen LogP contribution in [-0.2, 0) is 0 Å². The lowest BCUT2D eigenvalue weighted by atomic mass is 10.0. The minimum Gasteiger partial charge on any atom is -0.411 e. The summed E-state index contributed by atoms with van der Waals surface area (Å²) in [6.45, 7) is 5.63. The highest BCUT2D eigenvalue weighted by molar-refractivity contribution is 6.00. The minimum atomic E-state index is 0.777. The number of hydrogen-bond donors (Lipinski definition) is 1. The fourth-order valence-corrected chi connectivity index (χ4v) is 1.62. The van der Waals surface area contributed by atoms with E-state index in [1.165, 1.54) is 0 Å². The van der Waals surface area contributed by atoms with Crippen molar-refractivity contribution in [2.75, 3.05) is 20.1 Å². The van der Waals surface area contributed by atoms with Crippen molar-refractivity contribution >= 4 is 5.71 Å². The van der Waals surface area contributed by atoms with Gasteiger partial charge in [0.15, 0.2) is 0 Å². The third-order valence-electron chi connectivity index (χ3n) is 2.42. The summed E-state index contributed by atoms with van der Waals surface area (Å²) in [5.74, 6) is 0. The van der Waals surface area contributed by atoms with Gasteiger partial charge in [0, 0.05) is 13.1 Å². The lowest BCUT2D eigenvalue weighted by Crippen LogP contribution is -2.28. The van der Waals surface area contributed by atoms with Gasteiger partial charge in [0.05, 0.1) is 5.71 Å². The van der Waals surface area contributed by atoms with Gasteiger partial charge in [0.25, 0.3) is 0 Å². The van der Waals surface area contributed by atoms with E-state index in [9.17, 15) is 0 Å². The van der Waals surface area contributed by atoms with Gasteiger partial charge in [-0.2, -0.15) is 0 Å². The molecule has 1 rings (SSSR count). The van der Waals surface area contributed by atoms with Crippen molar-refractivity contribution in [1.82, 2.24) is 4.90 Å². The maximum atomic E-state index is 8.89. The molecule has 0 unspecified atom stereocenters. The summed E-state index contributed by atoms with van der Waals surface area (Å²) < 4.78 is 0. The van der Waals surface area contributed by atoms with Crippen LogP contribution in [0.2, 0.25) is 0 Å². The molecule has 0 saturated carbocycles. The van der Waals surface area contributed by atoms with Crippen LogP contribution in [0.3, 0.4) is 0 Å². The first-order chi connectivity index (χ1) is 6.77. The molecule has 1 aliphatic heterocycles. The van der Waals surface area contributed by atoms with E-state index in [4.69, 9.17) is 5.21 Å². The molecule has 0 bridgehead atoms. The molecule has 1 aliphatic rings. The molecule has 0 radical (unpaired) electrons. The Labute approximate surface area is 85.4 Å². The lowest BCUT2D eigenvalue weighted by molar-refractivity contribution is 0.315. The normalized spacial score (nSPS) is 19.2. The topological polar surface area (TPSA) is 35.8 Å². The Bertz CT molecular complexity index is 256. The Morgan fingerprint density at radius 3 is 3.14 bits per heavy atom. The number of nitrogens with zero attached hydrogens (tertiary/aromatic N) is 2. The van der Waals surface area contributed by atoms with E-state index < -0.39 is 0 Å². The summed E-state index contributed by atoms with van der Waals surface area (Å²) in [5, 5.41) is 12.2. The highest BCUT2D eigenvalue weighted by Gasteiger charge is 2.13. The van der Waals surface area contributed by atoms with Crippen molar-refractivity contribution in [3.05, 3.63) is 24.3 Å². The number of likely N-dealkylation sites (N-methyl/N-ethyl adjacent to an activating group) is 1. The summed E-state index contributed by atoms with van der Waals surface area (Å²) in [5.41, 5.74) is 1.96. The Hall–Kier alpha value is -1.09. The second-order valence-electron chi connectivity index (χ2n) is 3.63. The molecule has 0 fully saturated rings. The Balaban J connectivity index is 2.60. The minimum absolute atomic E-state index is 0.777. The van der Waals surface area contributed by atoms with Crippen LogP contribution < -0.4 is 0 Å². The van der Waals surface area contributed by atoms with Gasteiger partial charge in [-0.05, 0) is 31.9 Å². The summed E-state index contributed by atoms with van der Waals surface area (Å²) in [6, 6.07) is 0. The van der Waals surface area contributed by atoms with E-state index in [1.54, 1.807) is 0 Å². The average molecular weight is 194 g/mol. The molecular formula is C11H18N2O. The number of hydrogen-bond acceptors (Lipinski definition) is 3. The first-order valence-electron chi connectivity index (χ1n) is 4.97. The zero-order valence-corrected chi connectivity index (χ0v) is 8.74. The average Bonchev–Trinajstić information content (AvgIpc) is 2.19. The van der Waals surface area contributed by atoms with E-state index in [0.717, 1.165) is 43.6 Å². The summed E-state index contributed by atoms with van der Waals surface area (Å²) in [4.78, 5) is 2.23. The number of oxime groups is 1. The maximum absolute atomic E-state index is 8.89. The molecule has 1 N–H and O–H groups in total. The summed E-state index contributed by atoms with van der Waals surface area (Å²) >= 11 is 0. The Morgan fingerprint density at radius 2 is 2.57 bits per heavy atom. The maximum Gasteiger partial charge on any atom is 0.0840 e. The van der Waals surface area contributed by atoms with Crippen LogP contribution in [0, 0.1) is 0 Å². The monoisotopic (exact) mass is 194 g/mol. The molecule has 0 spiro atoms. The van der Waals surface area contributed by atoms with Gasteiger partial charge < -0.3 is 10.1 Å².